The lowest BCUT2D eigenvalue weighted by Gasteiger charge is -2.31. The summed E-state index contributed by atoms with van der Waals surface area (Å²) in [5.74, 6) is -0.216. The van der Waals surface area contributed by atoms with E-state index in [4.69, 9.17) is 9.47 Å². The first-order valence-electron chi connectivity index (χ1n) is 16.8. The number of hydrogen-bond donors (Lipinski definition) is 3. The molecule has 4 rings (SSSR count). The van der Waals surface area contributed by atoms with Crippen molar-refractivity contribution in [3.05, 3.63) is 88.4 Å². The first-order valence-corrected chi connectivity index (χ1v) is 17.7. The van der Waals surface area contributed by atoms with Crippen LogP contribution in [-0.2, 0) is 33.7 Å². The van der Waals surface area contributed by atoms with E-state index in [1.165, 1.54) is 11.3 Å². The zero-order valence-electron chi connectivity index (χ0n) is 28.3. The van der Waals surface area contributed by atoms with Gasteiger partial charge in [0.05, 0.1) is 23.6 Å². The Morgan fingerprint density at radius 1 is 0.896 bits per heavy atom. The minimum atomic E-state index is -0.709. The smallest absolute Gasteiger partial charge is 0.407 e. The summed E-state index contributed by atoms with van der Waals surface area (Å²) in [5, 5.41) is 9.34. The number of ether oxygens (including phenoxy) is 2. The average Bonchev–Trinajstić information content (AvgIpc) is 3.63. The van der Waals surface area contributed by atoms with Crippen LogP contribution in [-0.4, -0.2) is 96.9 Å². The van der Waals surface area contributed by atoms with Gasteiger partial charge >= 0.3 is 12.1 Å². The SMILES string of the molecule is CC(C)N(C)C(=O)NC(CCN1CCOCC1)C(=O)N[C@H](CC[C@H](Cc1ccccc1)NC(=O)OCc1cncs1)Cc1ccccc1. The third kappa shape index (κ3) is 12.9. The summed E-state index contributed by atoms with van der Waals surface area (Å²) in [4.78, 5) is 48.7. The molecule has 0 spiro atoms. The second kappa shape index (κ2) is 19.7. The number of nitrogens with zero attached hydrogens (tertiary/aromatic N) is 3. The molecule has 1 fully saturated rings. The molecule has 0 radical (unpaired) electrons. The van der Waals surface area contributed by atoms with Gasteiger partial charge in [-0.2, -0.15) is 0 Å². The summed E-state index contributed by atoms with van der Waals surface area (Å²) >= 11 is 1.43. The Labute approximate surface area is 288 Å². The fourth-order valence-electron chi connectivity index (χ4n) is 5.50. The molecule has 2 aromatic carbocycles. The number of morpholine rings is 1. The van der Waals surface area contributed by atoms with Gasteiger partial charge in [0.25, 0.3) is 0 Å². The summed E-state index contributed by atoms with van der Waals surface area (Å²) in [6.45, 7) is 7.63. The highest BCUT2D eigenvalue weighted by atomic mass is 32.1. The molecule has 260 valence electrons. The van der Waals surface area contributed by atoms with Gasteiger partial charge in [-0.15, -0.1) is 11.3 Å². The Kier molecular flexibility index (Phi) is 15.1. The minimum Gasteiger partial charge on any atom is -0.444 e. The van der Waals surface area contributed by atoms with Gasteiger partial charge in [-0.05, 0) is 57.1 Å². The Balaban J connectivity index is 1.46. The molecule has 1 unspecified atom stereocenters. The number of thiazole rings is 1. The van der Waals surface area contributed by atoms with Crippen molar-refractivity contribution in [1.82, 2.24) is 30.7 Å². The second-order valence-electron chi connectivity index (χ2n) is 12.5. The molecule has 0 aliphatic carbocycles. The van der Waals surface area contributed by atoms with Crippen LogP contribution < -0.4 is 16.0 Å². The standard InChI is InChI=1S/C36H50N6O5S/c1-27(2)41(3)35(44)40-33(16-17-42-18-20-46-21-19-42)34(43)38-30(22-28-10-6-4-7-11-28)14-15-31(23-29-12-8-5-9-13-29)39-36(45)47-25-32-24-37-26-48-32/h4-13,24,26-27,30-31,33H,14-23,25H2,1-3H3,(H,38,43)(H,39,45)(H,40,44)/t30-,31-,33?/m1/s1. The number of alkyl carbamates (subject to hydrolysis) is 1. The van der Waals surface area contributed by atoms with E-state index in [9.17, 15) is 14.4 Å². The van der Waals surface area contributed by atoms with Crippen LogP contribution in [0.15, 0.2) is 72.4 Å². The summed E-state index contributed by atoms with van der Waals surface area (Å²) in [6.07, 6.45) is 4.10. The molecule has 3 atom stereocenters. The molecular weight excluding hydrogens is 629 g/mol. The number of amides is 4. The van der Waals surface area contributed by atoms with Crippen molar-refractivity contribution in [1.29, 1.82) is 0 Å². The third-order valence-electron chi connectivity index (χ3n) is 8.56. The molecule has 48 heavy (non-hydrogen) atoms. The van der Waals surface area contributed by atoms with Crippen LogP contribution in [0, 0.1) is 0 Å². The zero-order valence-corrected chi connectivity index (χ0v) is 29.1. The van der Waals surface area contributed by atoms with Gasteiger partial charge in [0, 0.05) is 51.0 Å². The maximum absolute atomic E-state index is 14.0. The first-order chi connectivity index (χ1) is 23.3. The number of hydrogen-bond acceptors (Lipinski definition) is 8. The van der Waals surface area contributed by atoms with Crippen molar-refractivity contribution < 1.29 is 23.9 Å². The van der Waals surface area contributed by atoms with Gasteiger partial charge in [-0.3, -0.25) is 14.7 Å². The molecule has 0 bridgehead atoms. The minimum absolute atomic E-state index is 0.0125. The first kappa shape index (κ1) is 36.8. The zero-order chi connectivity index (χ0) is 34.1. The predicted octanol–water partition coefficient (Wildman–Crippen LogP) is 4.63. The normalized spacial score (nSPS) is 15.2. The molecule has 0 saturated carbocycles. The molecule has 3 N–H and O–H groups in total. The summed E-state index contributed by atoms with van der Waals surface area (Å²) < 4.78 is 11.0. The molecule has 12 heteroatoms. The van der Waals surface area contributed by atoms with Crippen LogP contribution in [0.5, 0.6) is 0 Å². The van der Waals surface area contributed by atoms with Crippen LogP contribution in [0.25, 0.3) is 0 Å². The highest BCUT2D eigenvalue weighted by Gasteiger charge is 2.27. The van der Waals surface area contributed by atoms with Gasteiger partial charge < -0.3 is 30.3 Å². The molecule has 2 heterocycles. The van der Waals surface area contributed by atoms with Crippen LogP contribution in [0.2, 0.25) is 0 Å². The molecular formula is C36H50N6O5S. The molecule has 1 saturated heterocycles. The summed E-state index contributed by atoms with van der Waals surface area (Å²) in [5.41, 5.74) is 3.89. The molecule has 4 amide bonds. The van der Waals surface area contributed by atoms with Crippen molar-refractivity contribution in [2.45, 2.75) is 76.7 Å². The number of nitrogens with one attached hydrogen (secondary N) is 3. The molecule has 1 aromatic heterocycles. The topological polar surface area (TPSA) is 125 Å². The summed E-state index contributed by atoms with van der Waals surface area (Å²) in [6, 6.07) is 18.6. The van der Waals surface area contributed by atoms with Crippen LogP contribution in [0.3, 0.4) is 0 Å². The monoisotopic (exact) mass is 678 g/mol. The number of benzene rings is 2. The van der Waals surface area contributed by atoms with E-state index >= 15 is 0 Å². The maximum Gasteiger partial charge on any atom is 0.407 e. The van der Waals surface area contributed by atoms with Crippen molar-refractivity contribution >= 4 is 29.4 Å². The molecule has 1 aliphatic rings. The van der Waals surface area contributed by atoms with E-state index in [1.54, 1.807) is 23.7 Å². The predicted molar refractivity (Wildman–Crippen MR) is 188 cm³/mol. The lowest BCUT2D eigenvalue weighted by atomic mass is 9.95. The van der Waals surface area contributed by atoms with Crippen LogP contribution in [0.4, 0.5) is 9.59 Å². The number of urea groups is 1. The Bertz CT molecular complexity index is 1370. The van der Waals surface area contributed by atoms with Crippen molar-refractivity contribution in [3.63, 3.8) is 0 Å². The van der Waals surface area contributed by atoms with Gasteiger partial charge in [-0.25, -0.2) is 9.59 Å². The van der Waals surface area contributed by atoms with Crippen LogP contribution >= 0.6 is 11.3 Å². The van der Waals surface area contributed by atoms with E-state index < -0.39 is 12.1 Å². The number of aromatic nitrogens is 1. The lowest BCUT2D eigenvalue weighted by molar-refractivity contribution is -0.124. The van der Waals surface area contributed by atoms with Crippen LogP contribution in [0.1, 0.15) is 49.1 Å². The van der Waals surface area contributed by atoms with E-state index in [1.807, 2.05) is 74.5 Å². The fourth-order valence-corrected chi connectivity index (χ4v) is 6.01. The van der Waals surface area contributed by atoms with E-state index in [0.29, 0.717) is 51.9 Å². The van der Waals surface area contributed by atoms with Gasteiger partial charge in [0.1, 0.15) is 12.6 Å². The Morgan fingerprint density at radius 2 is 1.50 bits per heavy atom. The highest BCUT2D eigenvalue weighted by molar-refractivity contribution is 7.09. The maximum atomic E-state index is 14.0. The van der Waals surface area contributed by atoms with Gasteiger partial charge in [0.15, 0.2) is 0 Å². The van der Waals surface area contributed by atoms with Gasteiger partial charge in [0.2, 0.25) is 5.91 Å². The molecule has 3 aromatic rings. The second-order valence-corrected chi connectivity index (χ2v) is 13.5. The average molecular weight is 679 g/mol. The Morgan fingerprint density at radius 3 is 2.06 bits per heavy atom. The van der Waals surface area contributed by atoms with Crippen molar-refractivity contribution in [2.24, 2.45) is 0 Å². The lowest BCUT2D eigenvalue weighted by Crippen LogP contribution is -2.54. The van der Waals surface area contributed by atoms with E-state index in [-0.39, 0.29) is 36.7 Å². The number of carbonyl (C=O) groups excluding carboxylic acids is 3. The van der Waals surface area contributed by atoms with E-state index in [2.05, 4.69) is 25.8 Å². The van der Waals surface area contributed by atoms with Crippen molar-refractivity contribution in [3.8, 4) is 0 Å². The molecule has 1 aliphatic heterocycles. The summed E-state index contributed by atoms with van der Waals surface area (Å²) in [7, 11) is 1.73. The fraction of sp³-hybridized carbons (Fsp3) is 0.500. The molecule has 11 nitrogen and oxygen atoms in total. The number of rotatable bonds is 17. The van der Waals surface area contributed by atoms with E-state index in [0.717, 1.165) is 29.1 Å². The van der Waals surface area contributed by atoms with Gasteiger partial charge in [-0.1, -0.05) is 60.7 Å². The largest absolute Gasteiger partial charge is 0.444 e. The third-order valence-corrected chi connectivity index (χ3v) is 9.31. The quantitative estimate of drug-likeness (QED) is 0.190. The Hall–Kier alpha value is -4.00. The number of carbonyl (C=O) groups is 3. The van der Waals surface area contributed by atoms with Crippen molar-refractivity contribution in [2.75, 3.05) is 39.9 Å². The highest BCUT2D eigenvalue weighted by Crippen LogP contribution is 2.15.